The molecule has 0 atom stereocenters. The molecule has 0 aliphatic heterocycles. The quantitative estimate of drug-likeness (QED) is 0.297. The topological polar surface area (TPSA) is 58.9 Å². The Kier molecular flexibility index (Phi) is 3.28. The first-order valence-corrected chi connectivity index (χ1v) is 8.81. The van der Waals surface area contributed by atoms with Crippen molar-refractivity contribution >= 4 is 38.3 Å². The average Bonchev–Trinajstić information content (AvgIpc) is 3.07. The van der Waals surface area contributed by atoms with Gasteiger partial charge < -0.3 is 4.98 Å². The zero-order chi connectivity index (χ0) is 18.5. The second kappa shape index (κ2) is 5.68. The van der Waals surface area contributed by atoms with Crippen LogP contribution in [0.3, 0.4) is 0 Å². The SMILES string of the molecule is Cc1cccc2cc(-c3ccc([N+](=O)[O-])cc3)c3c4ccccc4[nH]c3c12. The van der Waals surface area contributed by atoms with Crippen molar-refractivity contribution in [1.29, 1.82) is 0 Å². The molecule has 5 aromatic rings. The lowest BCUT2D eigenvalue weighted by Crippen LogP contribution is -1.88. The minimum Gasteiger partial charge on any atom is -0.354 e. The lowest BCUT2D eigenvalue weighted by Gasteiger charge is -2.10. The molecular formula is C23H16N2O2. The van der Waals surface area contributed by atoms with Gasteiger partial charge in [-0.25, -0.2) is 0 Å². The van der Waals surface area contributed by atoms with E-state index in [4.69, 9.17) is 0 Å². The molecule has 1 heterocycles. The first kappa shape index (κ1) is 15.6. The van der Waals surface area contributed by atoms with Crippen LogP contribution in [-0.4, -0.2) is 9.91 Å². The molecule has 4 heteroatoms. The summed E-state index contributed by atoms with van der Waals surface area (Å²) in [7, 11) is 0. The lowest BCUT2D eigenvalue weighted by atomic mass is 9.93. The van der Waals surface area contributed by atoms with E-state index >= 15 is 0 Å². The van der Waals surface area contributed by atoms with E-state index in [9.17, 15) is 10.1 Å². The highest BCUT2D eigenvalue weighted by Gasteiger charge is 2.15. The smallest absolute Gasteiger partial charge is 0.269 e. The summed E-state index contributed by atoms with van der Waals surface area (Å²) in [5.41, 5.74) is 5.57. The van der Waals surface area contributed by atoms with E-state index in [1.54, 1.807) is 12.1 Å². The molecule has 1 aromatic heterocycles. The summed E-state index contributed by atoms with van der Waals surface area (Å²) in [5.74, 6) is 0. The van der Waals surface area contributed by atoms with E-state index in [0.717, 1.165) is 38.3 Å². The molecule has 0 saturated carbocycles. The Labute approximate surface area is 155 Å². The zero-order valence-electron chi connectivity index (χ0n) is 14.7. The highest BCUT2D eigenvalue weighted by molar-refractivity contribution is 6.23. The number of non-ortho nitro benzene ring substituents is 1. The molecule has 4 nitrogen and oxygen atoms in total. The lowest BCUT2D eigenvalue weighted by molar-refractivity contribution is -0.384. The third-order valence-electron chi connectivity index (χ3n) is 5.22. The number of hydrogen-bond acceptors (Lipinski definition) is 2. The van der Waals surface area contributed by atoms with Gasteiger partial charge in [0, 0.05) is 33.8 Å². The van der Waals surface area contributed by atoms with Gasteiger partial charge in [-0.2, -0.15) is 0 Å². The maximum Gasteiger partial charge on any atom is 0.269 e. The van der Waals surface area contributed by atoms with Crippen molar-refractivity contribution in [2.45, 2.75) is 6.92 Å². The molecule has 0 aliphatic carbocycles. The number of rotatable bonds is 2. The third kappa shape index (κ3) is 2.30. The molecule has 0 bridgehead atoms. The van der Waals surface area contributed by atoms with E-state index in [1.807, 2.05) is 24.3 Å². The van der Waals surface area contributed by atoms with E-state index in [1.165, 1.54) is 10.9 Å². The Morgan fingerprint density at radius 1 is 0.889 bits per heavy atom. The van der Waals surface area contributed by atoms with Gasteiger partial charge in [0.2, 0.25) is 0 Å². The predicted octanol–water partition coefficient (Wildman–Crippen LogP) is 6.36. The monoisotopic (exact) mass is 352 g/mol. The number of H-pyrrole nitrogens is 1. The maximum absolute atomic E-state index is 11.0. The average molecular weight is 352 g/mol. The number of aryl methyl sites for hydroxylation is 1. The Balaban J connectivity index is 1.94. The number of aromatic nitrogens is 1. The van der Waals surface area contributed by atoms with Crippen LogP contribution in [0.5, 0.6) is 0 Å². The molecule has 0 radical (unpaired) electrons. The Morgan fingerprint density at radius 3 is 2.44 bits per heavy atom. The van der Waals surface area contributed by atoms with Gasteiger partial charge in [-0.05, 0) is 53.3 Å². The van der Waals surface area contributed by atoms with Crippen molar-refractivity contribution in [3.8, 4) is 11.1 Å². The molecule has 0 unspecified atom stereocenters. The fourth-order valence-electron chi connectivity index (χ4n) is 3.98. The van der Waals surface area contributed by atoms with Crippen molar-refractivity contribution in [1.82, 2.24) is 4.98 Å². The Hall–Kier alpha value is -3.66. The molecular weight excluding hydrogens is 336 g/mol. The van der Waals surface area contributed by atoms with E-state index in [2.05, 4.69) is 48.3 Å². The Bertz CT molecular complexity index is 1350. The van der Waals surface area contributed by atoms with Crippen molar-refractivity contribution in [2.75, 3.05) is 0 Å². The van der Waals surface area contributed by atoms with E-state index in [-0.39, 0.29) is 10.6 Å². The molecule has 5 rings (SSSR count). The van der Waals surface area contributed by atoms with E-state index in [0.29, 0.717) is 0 Å². The molecule has 0 spiro atoms. The van der Waals surface area contributed by atoms with Crippen LogP contribution in [0.15, 0.2) is 72.8 Å². The Morgan fingerprint density at radius 2 is 1.67 bits per heavy atom. The summed E-state index contributed by atoms with van der Waals surface area (Å²) >= 11 is 0. The molecule has 27 heavy (non-hydrogen) atoms. The minimum absolute atomic E-state index is 0.102. The fraction of sp³-hybridized carbons (Fsp3) is 0.0435. The van der Waals surface area contributed by atoms with Crippen LogP contribution < -0.4 is 0 Å². The van der Waals surface area contributed by atoms with Crippen molar-refractivity contribution in [3.63, 3.8) is 0 Å². The molecule has 4 aromatic carbocycles. The number of aromatic amines is 1. The zero-order valence-corrected chi connectivity index (χ0v) is 14.7. The van der Waals surface area contributed by atoms with Gasteiger partial charge in [-0.15, -0.1) is 0 Å². The molecule has 0 saturated heterocycles. The molecule has 0 aliphatic rings. The summed E-state index contributed by atoms with van der Waals surface area (Å²) in [6.07, 6.45) is 0. The van der Waals surface area contributed by atoms with Gasteiger partial charge in [-0.3, -0.25) is 10.1 Å². The number of hydrogen-bond donors (Lipinski definition) is 1. The first-order valence-electron chi connectivity index (χ1n) is 8.81. The van der Waals surface area contributed by atoms with Gasteiger partial charge in [0.25, 0.3) is 5.69 Å². The number of nitro groups is 1. The molecule has 0 amide bonds. The van der Waals surface area contributed by atoms with Gasteiger partial charge in [-0.1, -0.05) is 36.4 Å². The van der Waals surface area contributed by atoms with Crippen molar-refractivity contribution in [3.05, 3.63) is 88.5 Å². The highest BCUT2D eigenvalue weighted by atomic mass is 16.6. The summed E-state index contributed by atoms with van der Waals surface area (Å²) in [4.78, 5) is 14.2. The first-order chi connectivity index (χ1) is 13.1. The van der Waals surface area contributed by atoms with Crippen molar-refractivity contribution < 1.29 is 4.92 Å². The minimum atomic E-state index is -0.366. The molecule has 0 fully saturated rings. The number of nitro benzene ring substituents is 1. The van der Waals surface area contributed by atoms with Crippen molar-refractivity contribution in [2.24, 2.45) is 0 Å². The van der Waals surface area contributed by atoms with Crippen LogP contribution >= 0.6 is 0 Å². The number of para-hydroxylation sites is 1. The normalized spacial score (nSPS) is 11.4. The van der Waals surface area contributed by atoms with Crippen LogP contribution in [0.25, 0.3) is 43.7 Å². The summed E-state index contributed by atoms with van der Waals surface area (Å²) < 4.78 is 0. The number of nitrogens with one attached hydrogen (secondary N) is 1. The van der Waals surface area contributed by atoms with Crippen LogP contribution in [0, 0.1) is 17.0 Å². The second-order valence-corrected chi connectivity index (χ2v) is 6.82. The number of nitrogens with zero attached hydrogens (tertiary/aromatic N) is 1. The highest BCUT2D eigenvalue weighted by Crippen LogP contribution is 2.40. The maximum atomic E-state index is 11.0. The number of fused-ring (bicyclic) bond motifs is 5. The van der Waals surface area contributed by atoms with E-state index < -0.39 is 0 Å². The van der Waals surface area contributed by atoms with Gasteiger partial charge in [0.1, 0.15) is 0 Å². The summed E-state index contributed by atoms with van der Waals surface area (Å²) in [6.45, 7) is 2.12. The summed E-state index contributed by atoms with van der Waals surface area (Å²) in [6, 6.07) is 23.5. The summed E-state index contributed by atoms with van der Waals surface area (Å²) in [5, 5.41) is 15.7. The molecule has 130 valence electrons. The van der Waals surface area contributed by atoms with Crippen LogP contribution in [0.2, 0.25) is 0 Å². The van der Waals surface area contributed by atoms with Crippen LogP contribution in [-0.2, 0) is 0 Å². The molecule has 1 N–H and O–H groups in total. The van der Waals surface area contributed by atoms with Gasteiger partial charge >= 0.3 is 0 Å². The van der Waals surface area contributed by atoms with Crippen LogP contribution in [0.1, 0.15) is 5.56 Å². The van der Waals surface area contributed by atoms with Crippen LogP contribution in [0.4, 0.5) is 5.69 Å². The fourth-order valence-corrected chi connectivity index (χ4v) is 3.98. The number of benzene rings is 4. The van der Waals surface area contributed by atoms with Gasteiger partial charge in [0.05, 0.1) is 10.4 Å². The standard InChI is InChI=1S/C23H16N2O2/c1-14-5-4-6-16-13-19(15-9-11-17(12-10-15)25(26)27)22-18-7-2-3-8-20(18)24-23(22)21(14)16/h2-13,24H,1H3. The second-order valence-electron chi connectivity index (χ2n) is 6.82. The predicted molar refractivity (Wildman–Crippen MR) is 110 cm³/mol. The third-order valence-corrected chi connectivity index (χ3v) is 5.22. The van der Waals surface area contributed by atoms with Gasteiger partial charge in [0.15, 0.2) is 0 Å². The largest absolute Gasteiger partial charge is 0.354 e.